The van der Waals surface area contributed by atoms with E-state index in [1.807, 2.05) is 0 Å². The zero-order chi connectivity index (χ0) is 11.0. The van der Waals surface area contributed by atoms with Gasteiger partial charge in [0.05, 0.1) is 0 Å². The number of phenols is 1. The van der Waals surface area contributed by atoms with E-state index in [0.29, 0.717) is 0 Å². The van der Waals surface area contributed by atoms with Crippen molar-refractivity contribution in [2.45, 2.75) is 13.0 Å². The summed E-state index contributed by atoms with van der Waals surface area (Å²) in [7, 11) is 0. The Bertz CT molecular complexity index is 349. The molecule has 0 aliphatic rings. The van der Waals surface area contributed by atoms with Crippen molar-refractivity contribution in [3.63, 3.8) is 0 Å². The zero-order valence-electron chi connectivity index (χ0n) is 7.11. The van der Waals surface area contributed by atoms with Gasteiger partial charge in [-0.25, -0.2) is 8.78 Å². The molecule has 14 heavy (non-hydrogen) atoms. The molecule has 1 aromatic rings. The van der Waals surface area contributed by atoms with Crippen LogP contribution in [0.1, 0.15) is 18.5 Å². The highest BCUT2D eigenvalue weighted by molar-refractivity contribution is 5.34. The van der Waals surface area contributed by atoms with E-state index in [1.54, 1.807) is 0 Å². The summed E-state index contributed by atoms with van der Waals surface area (Å²) in [5.41, 5.74) is 4.19. The van der Waals surface area contributed by atoms with Crippen LogP contribution < -0.4 is 5.73 Å². The van der Waals surface area contributed by atoms with Crippen molar-refractivity contribution in [2.24, 2.45) is 5.73 Å². The molecule has 0 unspecified atom stereocenters. The van der Waals surface area contributed by atoms with E-state index in [0.717, 1.165) is 6.92 Å². The minimum absolute atomic E-state index is 0.919. The molecule has 0 fully saturated rings. The van der Waals surface area contributed by atoms with Crippen LogP contribution >= 0.6 is 0 Å². The van der Waals surface area contributed by atoms with Gasteiger partial charge >= 0.3 is 0 Å². The van der Waals surface area contributed by atoms with Crippen LogP contribution in [0.4, 0.5) is 17.6 Å². The molecule has 0 spiro atoms. The SMILES string of the molecule is C[C@H](N)c1c(F)c(F)c(O)c(F)c1F. The molecule has 1 rings (SSSR count). The van der Waals surface area contributed by atoms with E-state index in [4.69, 9.17) is 10.8 Å². The smallest absolute Gasteiger partial charge is 0.204 e. The Morgan fingerprint density at radius 2 is 1.36 bits per heavy atom. The van der Waals surface area contributed by atoms with E-state index in [1.165, 1.54) is 0 Å². The van der Waals surface area contributed by atoms with Gasteiger partial charge in [0.25, 0.3) is 0 Å². The maximum atomic E-state index is 12.9. The summed E-state index contributed by atoms with van der Waals surface area (Å²) in [5, 5.41) is 8.60. The lowest BCUT2D eigenvalue weighted by Crippen LogP contribution is -2.13. The van der Waals surface area contributed by atoms with Gasteiger partial charge in [0.15, 0.2) is 17.4 Å². The van der Waals surface area contributed by atoms with Crippen LogP contribution in [0.2, 0.25) is 0 Å². The van der Waals surface area contributed by atoms with Gasteiger partial charge in [-0.1, -0.05) is 0 Å². The molecule has 6 heteroatoms. The van der Waals surface area contributed by atoms with Gasteiger partial charge in [0.1, 0.15) is 0 Å². The van der Waals surface area contributed by atoms with Gasteiger partial charge in [-0.2, -0.15) is 8.78 Å². The Hall–Kier alpha value is -1.30. The lowest BCUT2D eigenvalue weighted by molar-refractivity contribution is 0.348. The van der Waals surface area contributed by atoms with Gasteiger partial charge in [-0.05, 0) is 6.92 Å². The third-order valence-corrected chi connectivity index (χ3v) is 1.73. The van der Waals surface area contributed by atoms with Gasteiger partial charge in [-0.3, -0.25) is 0 Å². The number of rotatable bonds is 1. The fourth-order valence-electron chi connectivity index (χ4n) is 1.04. The molecule has 3 N–H and O–H groups in total. The first-order chi connectivity index (χ1) is 6.37. The maximum absolute atomic E-state index is 12.9. The molecule has 0 aliphatic heterocycles. The number of benzene rings is 1. The standard InChI is InChI=1S/C8H7F4NO/c1-2(13)3-4(9)6(11)8(14)7(12)5(3)10/h2,14H,13H2,1H3/t2-/m0/s1. The highest BCUT2D eigenvalue weighted by Gasteiger charge is 2.26. The summed E-state index contributed by atoms with van der Waals surface area (Å²) in [6.07, 6.45) is 0. The first-order valence-electron chi connectivity index (χ1n) is 3.68. The van der Waals surface area contributed by atoms with Crippen molar-refractivity contribution in [3.8, 4) is 5.75 Å². The molecule has 2 nitrogen and oxygen atoms in total. The van der Waals surface area contributed by atoms with Crippen molar-refractivity contribution < 1.29 is 22.7 Å². The van der Waals surface area contributed by atoms with Crippen LogP contribution in [-0.2, 0) is 0 Å². The summed E-state index contributed by atoms with van der Waals surface area (Å²) in [6, 6.07) is -1.21. The number of hydrogen-bond donors (Lipinski definition) is 2. The minimum atomic E-state index is -1.84. The van der Waals surface area contributed by atoms with Crippen molar-refractivity contribution in [1.82, 2.24) is 0 Å². The average Bonchev–Trinajstić information content (AvgIpc) is 2.11. The Morgan fingerprint density at radius 3 is 1.64 bits per heavy atom. The van der Waals surface area contributed by atoms with Crippen molar-refractivity contribution in [2.75, 3.05) is 0 Å². The molecular weight excluding hydrogens is 202 g/mol. The third kappa shape index (κ3) is 1.41. The predicted molar refractivity (Wildman–Crippen MR) is 40.5 cm³/mol. The predicted octanol–water partition coefficient (Wildman–Crippen LogP) is 1.97. The molecule has 0 saturated heterocycles. The number of halogens is 4. The second kappa shape index (κ2) is 3.45. The second-order valence-electron chi connectivity index (χ2n) is 2.81. The summed E-state index contributed by atoms with van der Waals surface area (Å²) in [6.45, 7) is 1.16. The molecule has 78 valence electrons. The van der Waals surface area contributed by atoms with Crippen LogP contribution in [0.15, 0.2) is 0 Å². The summed E-state index contributed by atoms with van der Waals surface area (Å²) in [5.74, 6) is -8.69. The van der Waals surface area contributed by atoms with E-state index >= 15 is 0 Å². The number of hydrogen-bond acceptors (Lipinski definition) is 2. The Labute approximate surface area is 77.0 Å². The number of aromatic hydroxyl groups is 1. The average molecular weight is 209 g/mol. The highest BCUT2D eigenvalue weighted by Crippen LogP contribution is 2.31. The minimum Gasteiger partial charge on any atom is -0.503 e. The Balaban J connectivity index is 3.60. The first-order valence-corrected chi connectivity index (χ1v) is 3.68. The number of nitrogens with two attached hydrogens (primary N) is 1. The third-order valence-electron chi connectivity index (χ3n) is 1.73. The van der Waals surface area contributed by atoms with Gasteiger partial charge in [-0.15, -0.1) is 0 Å². The normalized spacial score (nSPS) is 13.0. The van der Waals surface area contributed by atoms with Gasteiger partial charge in [0.2, 0.25) is 11.6 Å². The number of phenolic OH excluding ortho intramolecular Hbond substituents is 1. The van der Waals surface area contributed by atoms with E-state index in [2.05, 4.69) is 0 Å². The van der Waals surface area contributed by atoms with E-state index < -0.39 is 40.6 Å². The topological polar surface area (TPSA) is 46.2 Å². The fourth-order valence-corrected chi connectivity index (χ4v) is 1.04. The first kappa shape index (κ1) is 10.8. The second-order valence-corrected chi connectivity index (χ2v) is 2.81. The molecule has 0 bridgehead atoms. The zero-order valence-corrected chi connectivity index (χ0v) is 7.11. The van der Waals surface area contributed by atoms with Crippen LogP contribution in [0, 0.1) is 23.3 Å². The largest absolute Gasteiger partial charge is 0.503 e. The summed E-state index contributed by atoms with van der Waals surface area (Å²) in [4.78, 5) is 0. The summed E-state index contributed by atoms with van der Waals surface area (Å²) < 4.78 is 51.3. The molecule has 0 amide bonds. The Morgan fingerprint density at radius 1 is 1.00 bits per heavy atom. The molecule has 0 aliphatic carbocycles. The van der Waals surface area contributed by atoms with Crippen LogP contribution in [0.5, 0.6) is 5.75 Å². The van der Waals surface area contributed by atoms with Crippen molar-refractivity contribution >= 4 is 0 Å². The maximum Gasteiger partial charge on any atom is 0.204 e. The lowest BCUT2D eigenvalue weighted by Gasteiger charge is -2.10. The van der Waals surface area contributed by atoms with Crippen LogP contribution in [0.3, 0.4) is 0 Å². The fraction of sp³-hybridized carbons (Fsp3) is 0.250. The van der Waals surface area contributed by atoms with Crippen LogP contribution in [-0.4, -0.2) is 5.11 Å². The van der Waals surface area contributed by atoms with Crippen LogP contribution in [0.25, 0.3) is 0 Å². The monoisotopic (exact) mass is 209 g/mol. The van der Waals surface area contributed by atoms with Gasteiger partial charge in [0, 0.05) is 11.6 Å². The van der Waals surface area contributed by atoms with Crippen molar-refractivity contribution in [3.05, 3.63) is 28.8 Å². The Kier molecular flexibility index (Phi) is 2.66. The molecule has 0 aromatic heterocycles. The van der Waals surface area contributed by atoms with Gasteiger partial charge < -0.3 is 10.8 Å². The lowest BCUT2D eigenvalue weighted by atomic mass is 10.1. The molecule has 1 atom stereocenters. The molecule has 0 saturated carbocycles. The van der Waals surface area contributed by atoms with Crippen molar-refractivity contribution in [1.29, 1.82) is 0 Å². The quantitative estimate of drug-likeness (QED) is 0.548. The van der Waals surface area contributed by atoms with E-state index in [9.17, 15) is 17.6 Å². The highest BCUT2D eigenvalue weighted by atomic mass is 19.2. The molecule has 1 aromatic carbocycles. The molecule has 0 radical (unpaired) electrons. The molecule has 0 heterocycles. The summed E-state index contributed by atoms with van der Waals surface area (Å²) >= 11 is 0. The molecular formula is C8H7F4NO. The van der Waals surface area contributed by atoms with E-state index in [-0.39, 0.29) is 0 Å².